The van der Waals surface area contributed by atoms with Crippen molar-refractivity contribution in [3.05, 3.63) is 72.8 Å². The van der Waals surface area contributed by atoms with Gasteiger partial charge < -0.3 is 4.40 Å². The van der Waals surface area contributed by atoms with Crippen molar-refractivity contribution in [1.29, 1.82) is 0 Å². The normalized spacial score (nSPS) is 11.0. The molecule has 0 aliphatic carbocycles. The van der Waals surface area contributed by atoms with E-state index in [2.05, 4.69) is 26.8 Å². The molecule has 102 valence electrons. The van der Waals surface area contributed by atoms with Gasteiger partial charge in [0, 0.05) is 18.0 Å². The van der Waals surface area contributed by atoms with Crippen LogP contribution in [0, 0.1) is 0 Å². The summed E-state index contributed by atoms with van der Waals surface area (Å²) in [4.78, 5) is 4.76. The molecule has 5 nitrogen and oxygen atoms in total. The summed E-state index contributed by atoms with van der Waals surface area (Å²) >= 11 is 0. The number of fused-ring (bicyclic) bond motifs is 1. The molecular formula is C16H13N5. The molecule has 0 bridgehead atoms. The zero-order chi connectivity index (χ0) is 14.1. The number of pyridine rings is 1. The molecule has 0 aliphatic rings. The number of hydrogen-bond donors (Lipinski definition) is 0. The minimum atomic E-state index is 0.634. The Morgan fingerprint density at radius 1 is 0.905 bits per heavy atom. The Labute approximate surface area is 121 Å². The van der Waals surface area contributed by atoms with Crippen LogP contribution >= 0.6 is 0 Å². The Morgan fingerprint density at radius 3 is 2.57 bits per heavy atom. The molecule has 5 heteroatoms. The van der Waals surface area contributed by atoms with Crippen molar-refractivity contribution in [1.82, 2.24) is 24.4 Å². The number of nitrogens with zero attached hydrogens (tertiary/aromatic N) is 5. The minimum Gasteiger partial charge on any atom is -0.302 e. The molecule has 0 spiro atoms. The fourth-order valence-corrected chi connectivity index (χ4v) is 2.50. The van der Waals surface area contributed by atoms with E-state index in [0.29, 0.717) is 6.54 Å². The Bertz CT molecular complexity index is 862. The van der Waals surface area contributed by atoms with Crippen LogP contribution in [-0.4, -0.2) is 24.4 Å². The highest BCUT2D eigenvalue weighted by atomic mass is 15.4. The van der Waals surface area contributed by atoms with E-state index in [1.165, 1.54) is 0 Å². The molecule has 3 aromatic heterocycles. The lowest BCUT2D eigenvalue weighted by atomic mass is 10.1. The van der Waals surface area contributed by atoms with Gasteiger partial charge in [0.05, 0.1) is 24.1 Å². The summed E-state index contributed by atoms with van der Waals surface area (Å²) in [5.74, 6) is 0. The zero-order valence-electron chi connectivity index (χ0n) is 11.3. The summed E-state index contributed by atoms with van der Waals surface area (Å²) in [5, 5.41) is 7.93. The maximum absolute atomic E-state index is 4.76. The number of imidazole rings is 1. The van der Waals surface area contributed by atoms with Crippen molar-refractivity contribution < 1.29 is 0 Å². The van der Waals surface area contributed by atoms with Crippen LogP contribution in [0.15, 0.2) is 67.1 Å². The van der Waals surface area contributed by atoms with E-state index < -0.39 is 0 Å². The van der Waals surface area contributed by atoms with E-state index in [0.717, 1.165) is 22.6 Å². The fourth-order valence-electron chi connectivity index (χ4n) is 2.50. The summed E-state index contributed by atoms with van der Waals surface area (Å²) in [5.41, 5.74) is 4.13. The molecule has 21 heavy (non-hydrogen) atoms. The predicted molar refractivity (Wildman–Crippen MR) is 79.8 cm³/mol. The van der Waals surface area contributed by atoms with Crippen molar-refractivity contribution in [2.75, 3.05) is 0 Å². The van der Waals surface area contributed by atoms with Gasteiger partial charge in [0.15, 0.2) is 0 Å². The van der Waals surface area contributed by atoms with Crippen LogP contribution in [0.3, 0.4) is 0 Å². The van der Waals surface area contributed by atoms with Crippen molar-refractivity contribution in [3.63, 3.8) is 0 Å². The fraction of sp³-hybridized carbons (Fsp3) is 0.0625. The van der Waals surface area contributed by atoms with Crippen molar-refractivity contribution in [2.45, 2.75) is 6.54 Å². The monoisotopic (exact) mass is 275 g/mol. The van der Waals surface area contributed by atoms with Crippen LogP contribution in [0.4, 0.5) is 0 Å². The molecule has 0 amide bonds. The van der Waals surface area contributed by atoms with Gasteiger partial charge >= 0.3 is 0 Å². The average molecular weight is 275 g/mol. The maximum atomic E-state index is 4.76. The lowest BCUT2D eigenvalue weighted by molar-refractivity contribution is 0.636. The molecule has 4 rings (SSSR count). The quantitative estimate of drug-likeness (QED) is 0.577. The first-order valence-electron chi connectivity index (χ1n) is 6.77. The van der Waals surface area contributed by atoms with Gasteiger partial charge in [0.2, 0.25) is 0 Å². The molecule has 3 heterocycles. The lowest BCUT2D eigenvalue weighted by Crippen LogP contribution is -2.04. The molecule has 1 aromatic carbocycles. The average Bonchev–Trinajstić information content (AvgIpc) is 3.17. The van der Waals surface area contributed by atoms with Gasteiger partial charge in [-0.2, -0.15) is 0 Å². The standard InChI is InChI=1S/C16H13N5/c1-2-6-13(7-3-1)16-14(12-20-11-9-17-19-20)21-10-5-4-8-15(21)18-16/h1-11H,12H2. The molecule has 0 atom stereocenters. The third-order valence-electron chi connectivity index (χ3n) is 3.46. The highest BCUT2D eigenvalue weighted by Gasteiger charge is 2.14. The summed E-state index contributed by atoms with van der Waals surface area (Å²) < 4.78 is 3.91. The molecule has 0 unspecified atom stereocenters. The highest BCUT2D eigenvalue weighted by molar-refractivity contribution is 5.66. The van der Waals surface area contributed by atoms with Crippen molar-refractivity contribution in [3.8, 4) is 11.3 Å². The van der Waals surface area contributed by atoms with Crippen molar-refractivity contribution >= 4 is 5.65 Å². The van der Waals surface area contributed by atoms with Crippen LogP contribution in [0.25, 0.3) is 16.9 Å². The highest BCUT2D eigenvalue weighted by Crippen LogP contribution is 2.24. The van der Waals surface area contributed by atoms with Crippen LogP contribution in [-0.2, 0) is 6.54 Å². The maximum Gasteiger partial charge on any atom is 0.137 e. The Balaban J connectivity index is 1.93. The second-order valence-corrected chi connectivity index (χ2v) is 4.80. The molecule has 0 N–H and O–H groups in total. The van der Waals surface area contributed by atoms with Crippen molar-refractivity contribution in [2.24, 2.45) is 0 Å². The second kappa shape index (κ2) is 4.86. The molecule has 0 saturated heterocycles. The SMILES string of the molecule is c1ccc(-c2nc3ccccn3c2Cn2ccnn2)cc1. The smallest absolute Gasteiger partial charge is 0.137 e. The van der Waals surface area contributed by atoms with Crippen LogP contribution in [0.1, 0.15) is 5.69 Å². The first kappa shape index (κ1) is 11.8. The summed E-state index contributed by atoms with van der Waals surface area (Å²) in [6, 6.07) is 16.2. The third-order valence-corrected chi connectivity index (χ3v) is 3.46. The van der Waals surface area contributed by atoms with Gasteiger partial charge in [-0.15, -0.1) is 5.10 Å². The summed E-state index contributed by atoms with van der Waals surface area (Å²) in [7, 11) is 0. The first-order valence-corrected chi connectivity index (χ1v) is 6.77. The summed E-state index contributed by atoms with van der Waals surface area (Å²) in [6.45, 7) is 0.634. The molecule has 0 saturated carbocycles. The molecular weight excluding hydrogens is 262 g/mol. The van der Waals surface area contributed by atoms with Gasteiger partial charge in [-0.1, -0.05) is 41.6 Å². The predicted octanol–water partition coefficient (Wildman–Crippen LogP) is 2.64. The van der Waals surface area contributed by atoms with Gasteiger partial charge in [-0.25, -0.2) is 9.67 Å². The van der Waals surface area contributed by atoms with Gasteiger partial charge in [-0.05, 0) is 12.1 Å². The minimum absolute atomic E-state index is 0.634. The van der Waals surface area contributed by atoms with E-state index in [9.17, 15) is 0 Å². The third kappa shape index (κ3) is 2.08. The van der Waals surface area contributed by atoms with Gasteiger partial charge in [0.25, 0.3) is 0 Å². The largest absolute Gasteiger partial charge is 0.302 e. The molecule has 0 radical (unpaired) electrons. The van der Waals surface area contributed by atoms with Gasteiger partial charge in [-0.3, -0.25) is 0 Å². The molecule has 0 aliphatic heterocycles. The topological polar surface area (TPSA) is 48.0 Å². The van der Waals surface area contributed by atoms with Gasteiger partial charge in [0.1, 0.15) is 5.65 Å². The molecule has 0 fully saturated rings. The van der Waals surface area contributed by atoms with E-state index in [1.54, 1.807) is 6.20 Å². The number of benzene rings is 1. The summed E-state index contributed by atoms with van der Waals surface area (Å²) in [6.07, 6.45) is 5.57. The number of rotatable bonds is 3. The molecule has 4 aromatic rings. The number of aromatic nitrogens is 5. The van der Waals surface area contributed by atoms with E-state index in [1.807, 2.05) is 53.5 Å². The van der Waals surface area contributed by atoms with E-state index in [-0.39, 0.29) is 0 Å². The Kier molecular flexibility index (Phi) is 2.74. The Morgan fingerprint density at radius 2 is 1.76 bits per heavy atom. The van der Waals surface area contributed by atoms with E-state index >= 15 is 0 Å². The van der Waals surface area contributed by atoms with E-state index in [4.69, 9.17) is 4.98 Å². The zero-order valence-corrected chi connectivity index (χ0v) is 11.3. The van der Waals surface area contributed by atoms with Crippen LogP contribution in [0.5, 0.6) is 0 Å². The lowest BCUT2D eigenvalue weighted by Gasteiger charge is -2.05. The second-order valence-electron chi connectivity index (χ2n) is 4.80. The van der Waals surface area contributed by atoms with Crippen LogP contribution in [0.2, 0.25) is 0 Å². The number of hydrogen-bond acceptors (Lipinski definition) is 3. The van der Waals surface area contributed by atoms with Crippen LogP contribution < -0.4 is 0 Å². The first-order chi connectivity index (χ1) is 10.4. The Hall–Kier alpha value is -2.95.